The van der Waals surface area contributed by atoms with Crippen LogP contribution in [0.15, 0.2) is 24.3 Å². The third-order valence-corrected chi connectivity index (χ3v) is 1.87. The first-order valence-corrected chi connectivity index (χ1v) is 3.23. The van der Waals surface area contributed by atoms with E-state index >= 15 is 0 Å². The van der Waals surface area contributed by atoms with Gasteiger partial charge in [-0.05, 0) is 12.2 Å². The van der Waals surface area contributed by atoms with Gasteiger partial charge in [0.25, 0.3) is 0 Å². The topological polar surface area (TPSA) is 34.1 Å². The van der Waals surface area contributed by atoms with Crippen LogP contribution in [0.3, 0.4) is 0 Å². The average molecular weight is 134 g/mol. The number of Topliss-reactive ketones (excluding diaryl/α,β-unsaturated/α-hetero) is 1. The lowest BCUT2D eigenvalue weighted by molar-refractivity contribution is -0.111. The van der Waals surface area contributed by atoms with Crippen LogP contribution in [0.2, 0.25) is 0 Å². The summed E-state index contributed by atoms with van der Waals surface area (Å²) in [4.78, 5) is 21.4. The van der Waals surface area contributed by atoms with Gasteiger partial charge >= 0.3 is 0 Å². The Bertz CT molecular complexity index is 236. The van der Waals surface area contributed by atoms with Crippen LogP contribution in [-0.2, 0) is 9.59 Å². The van der Waals surface area contributed by atoms with E-state index in [1.807, 2.05) is 0 Å². The highest BCUT2D eigenvalue weighted by molar-refractivity contribution is 6.08. The van der Waals surface area contributed by atoms with E-state index in [0.717, 1.165) is 0 Å². The van der Waals surface area contributed by atoms with E-state index in [1.165, 1.54) is 12.2 Å². The molecule has 2 nitrogen and oxygen atoms in total. The maximum atomic E-state index is 10.8. The van der Waals surface area contributed by atoms with Crippen LogP contribution in [0.25, 0.3) is 0 Å². The van der Waals surface area contributed by atoms with Crippen molar-refractivity contribution in [2.45, 2.75) is 0 Å². The van der Waals surface area contributed by atoms with Crippen molar-refractivity contribution < 1.29 is 9.59 Å². The van der Waals surface area contributed by atoms with Gasteiger partial charge in [-0.3, -0.25) is 9.59 Å². The number of carbonyl (C=O) groups is 2. The summed E-state index contributed by atoms with van der Waals surface area (Å²) in [5.41, 5.74) is 0. The molecule has 50 valence electrons. The quantitative estimate of drug-likeness (QED) is 0.483. The zero-order valence-corrected chi connectivity index (χ0v) is 5.28. The molecule has 0 aromatic rings. The summed E-state index contributed by atoms with van der Waals surface area (Å²) >= 11 is 0. The van der Waals surface area contributed by atoms with Crippen LogP contribution in [-0.4, -0.2) is 11.6 Å². The van der Waals surface area contributed by atoms with Crippen molar-refractivity contribution in [2.75, 3.05) is 0 Å². The van der Waals surface area contributed by atoms with Gasteiger partial charge in [0, 0.05) is 11.8 Å². The lowest BCUT2D eigenvalue weighted by Crippen LogP contribution is -1.84. The SMILES string of the molecule is O=C1C=CC2C(=O)C2C=C1. The van der Waals surface area contributed by atoms with Gasteiger partial charge in [-0.25, -0.2) is 0 Å². The highest BCUT2D eigenvalue weighted by atomic mass is 16.1. The van der Waals surface area contributed by atoms with Gasteiger partial charge in [0.2, 0.25) is 0 Å². The number of ketones is 2. The second kappa shape index (κ2) is 1.66. The fourth-order valence-electron chi connectivity index (χ4n) is 1.16. The van der Waals surface area contributed by atoms with Gasteiger partial charge in [-0.2, -0.15) is 0 Å². The van der Waals surface area contributed by atoms with Crippen LogP contribution < -0.4 is 0 Å². The van der Waals surface area contributed by atoms with E-state index < -0.39 is 0 Å². The van der Waals surface area contributed by atoms with Crippen molar-refractivity contribution in [3.63, 3.8) is 0 Å². The normalized spacial score (nSPS) is 35.6. The smallest absolute Gasteiger partial charge is 0.178 e. The zero-order chi connectivity index (χ0) is 7.14. The molecule has 2 atom stereocenters. The van der Waals surface area contributed by atoms with Crippen LogP contribution >= 0.6 is 0 Å². The standard InChI is InChI=1S/C8H6O2/c9-5-1-3-6-7(4-2-5)8(6)10/h1-4,6-7H. The lowest BCUT2D eigenvalue weighted by Gasteiger charge is -1.76. The van der Waals surface area contributed by atoms with Gasteiger partial charge in [-0.1, -0.05) is 12.2 Å². The number of hydrogen-bond donors (Lipinski definition) is 0. The minimum absolute atomic E-state index is 0.0139. The lowest BCUT2D eigenvalue weighted by atomic mass is 10.3. The maximum absolute atomic E-state index is 10.8. The Labute approximate surface area is 58.2 Å². The van der Waals surface area contributed by atoms with Crippen LogP contribution in [0.1, 0.15) is 0 Å². The molecule has 0 bridgehead atoms. The van der Waals surface area contributed by atoms with Gasteiger partial charge in [0.15, 0.2) is 5.78 Å². The minimum Gasteiger partial charge on any atom is -0.298 e. The third-order valence-electron chi connectivity index (χ3n) is 1.87. The number of fused-ring (bicyclic) bond motifs is 1. The Morgan fingerprint density at radius 1 is 1.00 bits per heavy atom. The molecule has 0 spiro atoms. The van der Waals surface area contributed by atoms with E-state index in [0.29, 0.717) is 0 Å². The van der Waals surface area contributed by atoms with Crippen molar-refractivity contribution in [1.29, 1.82) is 0 Å². The van der Waals surface area contributed by atoms with Crippen LogP contribution in [0, 0.1) is 11.8 Å². The second-order valence-electron chi connectivity index (χ2n) is 2.57. The highest BCUT2D eigenvalue weighted by Gasteiger charge is 2.45. The fraction of sp³-hybridized carbons (Fsp3) is 0.250. The summed E-state index contributed by atoms with van der Waals surface area (Å²) in [5.74, 6) is 0.255. The monoisotopic (exact) mass is 134 g/mol. The zero-order valence-electron chi connectivity index (χ0n) is 5.28. The van der Waals surface area contributed by atoms with E-state index in [4.69, 9.17) is 0 Å². The molecule has 1 saturated carbocycles. The molecule has 0 amide bonds. The molecule has 0 heterocycles. The predicted molar refractivity (Wildman–Crippen MR) is 35.3 cm³/mol. The summed E-state index contributed by atoms with van der Waals surface area (Å²) in [6.45, 7) is 0. The van der Waals surface area contributed by atoms with Gasteiger partial charge in [0.05, 0.1) is 0 Å². The first-order valence-electron chi connectivity index (χ1n) is 3.23. The number of hydrogen-bond acceptors (Lipinski definition) is 2. The van der Waals surface area contributed by atoms with Crippen LogP contribution in [0.4, 0.5) is 0 Å². The molecule has 0 aromatic heterocycles. The number of allylic oxidation sites excluding steroid dienone is 4. The largest absolute Gasteiger partial charge is 0.298 e. The van der Waals surface area contributed by atoms with Crippen molar-refractivity contribution in [2.24, 2.45) is 11.8 Å². The Morgan fingerprint density at radius 2 is 1.50 bits per heavy atom. The molecule has 0 N–H and O–H groups in total. The van der Waals surface area contributed by atoms with E-state index in [2.05, 4.69) is 0 Å². The molecule has 0 aromatic carbocycles. The third kappa shape index (κ3) is 0.652. The van der Waals surface area contributed by atoms with Crippen molar-refractivity contribution in [1.82, 2.24) is 0 Å². The average Bonchev–Trinajstić information content (AvgIpc) is 2.56. The molecule has 10 heavy (non-hydrogen) atoms. The maximum Gasteiger partial charge on any atom is 0.178 e. The molecule has 0 radical (unpaired) electrons. The van der Waals surface area contributed by atoms with Crippen LogP contribution in [0.5, 0.6) is 0 Å². The van der Waals surface area contributed by atoms with Crippen molar-refractivity contribution >= 4 is 11.6 Å². The molecule has 0 saturated heterocycles. The van der Waals surface area contributed by atoms with E-state index in [1.54, 1.807) is 12.2 Å². The first kappa shape index (κ1) is 5.59. The molecule has 2 heteroatoms. The van der Waals surface area contributed by atoms with Crippen molar-refractivity contribution in [3.05, 3.63) is 24.3 Å². The summed E-state index contributed by atoms with van der Waals surface area (Å²) in [7, 11) is 0. The molecule has 2 unspecified atom stereocenters. The Morgan fingerprint density at radius 3 is 2.00 bits per heavy atom. The summed E-state index contributed by atoms with van der Waals surface area (Å²) in [6, 6.07) is 0. The number of rotatable bonds is 0. The Hall–Kier alpha value is -1.18. The fourth-order valence-corrected chi connectivity index (χ4v) is 1.16. The molecular weight excluding hydrogens is 128 g/mol. The summed E-state index contributed by atoms with van der Waals surface area (Å²) in [6.07, 6.45) is 6.31. The first-order chi connectivity index (χ1) is 4.79. The second-order valence-corrected chi connectivity index (χ2v) is 2.57. The molecular formula is C8H6O2. The molecule has 1 fully saturated rings. The van der Waals surface area contributed by atoms with E-state index in [-0.39, 0.29) is 23.4 Å². The summed E-state index contributed by atoms with van der Waals surface area (Å²) < 4.78 is 0. The predicted octanol–water partition coefficient (Wildman–Crippen LogP) is 0.497. The van der Waals surface area contributed by atoms with Gasteiger partial charge in [-0.15, -0.1) is 0 Å². The summed E-state index contributed by atoms with van der Waals surface area (Å²) in [5, 5.41) is 0. The highest BCUT2D eigenvalue weighted by Crippen LogP contribution is 2.36. The number of carbonyl (C=O) groups excluding carboxylic acids is 2. The molecule has 0 aliphatic heterocycles. The minimum atomic E-state index is -0.0139. The Balaban J connectivity index is 2.30. The van der Waals surface area contributed by atoms with Crippen molar-refractivity contribution in [3.8, 4) is 0 Å². The molecule has 2 aliphatic carbocycles. The van der Waals surface area contributed by atoms with Gasteiger partial charge in [0.1, 0.15) is 5.78 Å². The Kier molecular flexibility index (Phi) is 0.926. The molecule has 2 rings (SSSR count). The van der Waals surface area contributed by atoms with E-state index in [9.17, 15) is 9.59 Å². The molecule has 2 aliphatic rings. The van der Waals surface area contributed by atoms with Gasteiger partial charge < -0.3 is 0 Å².